The summed E-state index contributed by atoms with van der Waals surface area (Å²) in [7, 11) is -4.29. The molecule has 1 rings (SSSR count). The second-order valence-corrected chi connectivity index (χ2v) is 3.71. The smallest absolute Gasteiger partial charge is 1.00 e. The van der Waals surface area contributed by atoms with Crippen molar-refractivity contribution < 1.29 is 44.0 Å². The van der Waals surface area contributed by atoms with Crippen molar-refractivity contribution in [3.05, 3.63) is 17.5 Å². The summed E-state index contributed by atoms with van der Waals surface area (Å²) in [5.41, 5.74) is 1.25. The van der Waals surface area contributed by atoms with Crippen LogP contribution in [0.1, 0.15) is 12.8 Å². The maximum Gasteiger partial charge on any atom is 1.00 e. The molecule has 0 atom stereocenters. The maximum absolute atomic E-state index is 10.4. The van der Waals surface area contributed by atoms with E-state index in [0.29, 0.717) is 11.4 Å². The average Bonchev–Trinajstić information content (AvgIpc) is 1.78. The van der Waals surface area contributed by atoms with Crippen LogP contribution in [0.4, 0.5) is 5.95 Å². The number of rotatable bonds is 2. The Morgan fingerprint density at radius 2 is 1.79 bits per heavy atom. The van der Waals surface area contributed by atoms with Crippen molar-refractivity contribution in [2.75, 3.05) is 4.72 Å². The van der Waals surface area contributed by atoms with E-state index < -0.39 is 10.3 Å². The normalized spacial score (nSPS) is 10.5. The van der Waals surface area contributed by atoms with Gasteiger partial charge in [-0.2, -0.15) is 8.42 Å². The zero-order valence-electron chi connectivity index (χ0n) is 9.14. The number of hydrogen-bond donors (Lipinski definition) is 2. The topological polar surface area (TPSA) is 92.2 Å². The first-order valence-corrected chi connectivity index (χ1v) is 4.88. The molecule has 74 valence electrons. The minimum atomic E-state index is -4.29. The fourth-order valence-electron chi connectivity index (χ4n) is 0.887. The van der Waals surface area contributed by atoms with Crippen LogP contribution in [0.15, 0.2) is 6.07 Å². The minimum absolute atomic E-state index is 0. The molecule has 0 aromatic carbocycles. The summed E-state index contributed by atoms with van der Waals surface area (Å²) in [6, 6.07) is 1.69. The average molecular weight is 227 g/mol. The molecule has 8 heteroatoms. The molecule has 0 bridgehead atoms. The number of aryl methyl sites for hydroxylation is 2. The number of aromatic nitrogens is 2. The fraction of sp³-hybridized carbons (Fsp3) is 0.333. The van der Waals surface area contributed by atoms with E-state index in [2.05, 4.69) is 9.97 Å². The van der Waals surface area contributed by atoms with Crippen LogP contribution in [-0.4, -0.2) is 22.9 Å². The Kier molecular flexibility index (Phi) is 4.96. The van der Waals surface area contributed by atoms with Gasteiger partial charge in [-0.05, 0) is 19.9 Å². The van der Waals surface area contributed by atoms with Crippen molar-refractivity contribution >= 4 is 16.3 Å². The summed E-state index contributed by atoms with van der Waals surface area (Å²) in [6.07, 6.45) is 0. The molecule has 0 radical (unpaired) electrons. The Morgan fingerprint density at radius 3 is 2.14 bits per heavy atom. The molecule has 6 nitrogen and oxygen atoms in total. The van der Waals surface area contributed by atoms with E-state index in [-0.39, 0.29) is 36.9 Å². The summed E-state index contributed by atoms with van der Waals surface area (Å²) in [5.74, 6) is -0.125. The van der Waals surface area contributed by atoms with Crippen molar-refractivity contribution in [3.63, 3.8) is 0 Å². The van der Waals surface area contributed by atoms with Gasteiger partial charge in [0.25, 0.3) is 0 Å². The Bertz CT molecular complexity index is 405. The summed E-state index contributed by atoms with van der Waals surface area (Å²) in [6.45, 7) is 3.40. The molecule has 0 fully saturated rings. The Morgan fingerprint density at radius 1 is 1.36 bits per heavy atom. The quantitative estimate of drug-likeness (QED) is 0.428. The molecule has 1 aromatic heterocycles. The largest absolute Gasteiger partial charge is 1.00 e. The Hall–Kier alpha value is -0.210. The van der Waals surface area contributed by atoms with Crippen molar-refractivity contribution in [1.82, 2.24) is 9.97 Å². The molecule has 0 unspecified atom stereocenters. The Labute approximate surface area is 106 Å². The molecule has 0 spiro atoms. The fourth-order valence-corrected chi connectivity index (χ4v) is 1.21. The van der Waals surface area contributed by atoms with Crippen LogP contribution in [0.3, 0.4) is 0 Å². The van der Waals surface area contributed by atoms with E-state index >= 15 is 0 Å². The van der Waals surface area contributed by atoms with Crippen LogP contribution < -0.4 is 34.3 Å². The van der Waals surface area contributed by atoms with E-state index in [1.807, 2.05) is 0 Å². The van der Waals surface area contributed by atoms with Crippen molar-refractivity contribution in [3.8, 4) is 0 Å². The molecular formula is C6H10N3NaO3S. The summed E-state index contributed by atoms with van der Waals surface area (Å²) in [5, 5.41) is 0. The van der Waals surface area contributed by atoms with Gasteiger partial charge in [0.1, 0.15) is 0 Å². The number of nitrogens with one attached hydrogen (secondary N) is 1. The molecule has 1 aromatic rings. The molecular weight excluding hydrogens is 217 g/mol. The van der Waals surface area contributed by atoms with E-state index in [9.17, 15) is 8.42 Å². The van der Waals surface area contributed by atoms with Crippen molar-refractivity contribution in [2.45, 2.75) is 13.8 Å². The van der Waals surface area contributed by atoms with Gasteiger partial charge < -0.3 is 1.43 Å². The van der Waals surface area contributed by atoms with Gasteiger partial charge in [-0.25, -0.2) is 14.7 Å². The molecule has 1 heterocycles. The van der Waals surface area contributed by atoms with Gasteiger partial charge in [-0.3, -0.25) is 4.55 Å². The first-order chi connectivity index (χ1) is 5.87. The van der Waals surface area contributed by atoms with E-state index in [4.69, 9.17) is 4.55 Å². The molecule has 0 saturated heterocycles. The predicted molar refractivity (Wildman–Crippen MR) is 47.8 cm³/mol. The van der Waals surface area contributed by atoms with Crippen LogP contribution in [0.5, 0.6) is 0 Å². The zero-order valence-corrected chi connectivity index (χ0v) is 11.0. The second kappa shape index (κ2) is 5.04. The van der Waals surface area contributed by atoms with E-state index in [0.717, 1.165) is 0 Å². The third-order valence-corrected chi connectivity index (χ3v) is 1.64. The van der Waals surface area contributed by atoms with Gasteiger partial charge in [0.05, 0.1) is 0 Å². The molecule has 0 amide bonds. The van der Waals surface area contributed by atoms with Gasteiger partial charge in [0.2, 0.25) is 5.95 Å². The van der Waals surface area contributed by atoms with Gasteiger partial charge in [-0.15, -0.1) is 0 Å². The van der Waals surface area contributed by atoms with Gasteiger partial charge in [-0.1, -0.05) is 0 Å². The second-order valence-electron chi connectivity index (χ2n) is 2.55. The Balaban J connectivity index is 0. The van der Waals surface area contributed by atoms with Gasteiger partial charge in [0, 0.05) is 11.4 Å². The molecule has 0 aliphatic rings. The summed E-state index contributed by atoms with van der Waals surface area (Å²) >= 11 is 0. The predicted octanol–water partition coefficient (Wildman–Crippen LogP) is -2.58. The molecule has 0 saturated carbocycles. The number of nitrogens with zero attached hydrogens (tertiary/aromatic N) is 2. The monoisotopic (exact) mass is 227 g/mol. The third kappa shape index (κ3) is 4.87. The third-order valence-electron chi connectivity index (χ3n) is 1.20. The van der Waals surface area contributed by atoms with E-state index in [1.165, 1.54) is 0 Å². The van der Waals surface area contributed by atoms with E-state index in [1.54, 1.807) is 24.6 Å². The molecule has 2 N–H and O–H groups in total. The molecule has 0 aliphatic carbocycles. The van der Waals surface area contributed by atoms with Gasteiger partial charge in [0.15, 0.2) is 0 Å². The summed E-state index contributed by atoms with van der Waals surface area (Å²) in [4.78, 5) is 7.52. The van der Waals surface area contributed by atoms with Crippen LogP contribution in [0.2, 0.25) is 0 Å². The van der Waals surface area contributed by atoms with Crippen LogP contribution >= 0.6 is 0 Å². The standard InChI is InChI=1S/C6H9N3O3S.Na.H/c1-4-3-5(2)8-6(7-4)9-13(10,11)12;;/h3H,1-2H3,(H,7,8,9)(H,10,11,12);;/q;+1;-1. The van der Waals surface area contributed by atoms with Gasteiger partial charge >= 0.3 is 39.9 Å². The SMILES string of the molecule is Cc1cc(C)nc(NS(=O)(=O)O)n1.[H-].[Na+]. The van der Waals surface area contributed by atoms with Crippen LogP contribution in [0, 0.1) is 13.8 Å². The number of hydrogen-bond acceptors (Lipinski definition) is 4. The van der Waals surface area contributed by atoms with Crippen molar-refractivity contribution in [1.29, 1.82) is 0 Å². The molecule has 0 aliphatic heterocycles. The first-order valence-electron chi connectivity index (χ1n) is 3.44. The van der Waals surface area contributed by atoms with Crippen molar-refractivity contribution in [2.24, 2.45) is 0 Å². The molecule has 14 heavy (non-hydrogen) atoms. The number of anilines is 1. The zero-order chi connectivity index (χ0) is 10.1. The van der Waals surface area contributed by atoms with Crippen LogP contribution in [-0.2, 0) is 10.3 Å². The first kappa shape index (κ1) is 13.8. The minimum Gasteiger partial charge on any atom is -1.00 e. The summed E-state index contributed by atoms with van der Waals surface area (Å²) < 4.78 is 31.0. The van der Waals surface area contributed by atoms with Crippen LogP contribution in [0.25, 0.3) is 0 Å². The maximum atomic E-state index is 10.4.